The van der Waals surface area contributed by atoms with E-state index in [2.05, 4.69) is 72.6 Å². The molecule has 2 aromatic carbocycles. The van der Waals surface area contributed by atoms with E-state index in [1.807, 2.05) is 24.5 Å². The molecule has 24 heavy (non-hydrogen) atoms. The molecule has 0 aliphatic heterocycles. The summed E-state index contributed by atoms with van der Waals surface area (Å²) in [5.41, 5.74) is 4.56. The highest BCUT2D eigenvalue weighted by Gasteiger charge is 2.04. The summed E-state index contributed by atoms with van der Waals surface area (Å²) in [6, 6.07) is 19.0. The van der Waals surface area contributed by atoms with Crippen LogP contribution in [0.1, 0.15) is 10.4 Å². The molecule has 3 nitrogen and oxygen atoms in total. The fraction of sp³-hybridized carbons (Fsp3) is 0.105. The Labute approximate surface area is 153 Å². The molecule has 4 rings (SSSR count). The summed E-state index contributed by atoms with van der Waals surface area (Å²) in [5, 5.41) is 5.60. The Morgan fingerprint density at radius 2 is 1.88 bits per heavy atom. The summed E-state index contributed by atoms with van der Waals surface area (Å²) in [6.07, 6.45) is 1.88. The van der Waals surface area contributed by atoms with Crippen molar-refractivity contribution in [2.75, 3.05) is 0 Å². The zero-order chi connectivity index (χ0) is 16.4. The van der Waals surface area contributed by atoms with Crippen LogP contribution in [0.3, 0.4) is 0 Å². The first-order valence-corrected chi connectivity index (χ1v) is 9.42. The van der Waals surface area contributed by atoms with Gasteiger partial charge in [0.25, 0.3) is 0 Å². The minimum atomic E-state index is 0.862. The first kappa shape index (κ1) is 15.6. The molecule has 4 aromatic rings. The van der Waals surface area contributed by atoms with Crippen molar-refractivity contribution in [1.82, 2.24) is 14.9 Å². The number of hydrogen-bond acceptors (Lipinski definition) is 3. The molecule has 1 N–H and O–H groups in total. The van der Waals surface area contributed by atoms with Crippen LogP contribution in [0.4, 0.5) is 0 Å². The molecule has 0 fully saturated rings. The van der Waals surface area contributed by atoms with Crippen LogP contribution in [0.2, 0.25) is 0 Å². The molecule has 5 heteroatoms. The van der Waals surface area contributed by atoms with Crippen LogP contribution in [-0.2, 0) is 13.1 Å². The predicted octanol–water partition coefficient (Wildman–Crippen LogP) is 5.14. The molecule has 0 unspecified atom stereocenters. The topological polar surface area (TPSA) is 29.9 Å². The lowest BCUT2D eigenvalue weighted by Gasteiger charge is -2.07. The highest BCUT2D eigenvalue weighted by Crippen LogP contribution is 2.20. The molecule has 0 aliphatic rings. The normalized spacial score (nSPS) is 11.2. The number of para-hydroxylation sites is 2. The van der Waals surface area contributed by atoms with E-state index in [0.29, 0.717) is 0 Å². The third kappa shape index (κ3) is 3.29. The fourth-order valence-corrected chi connectivity index (χ4v) is 4.14. The molecule has 2 aromatic heterocycles. The van der Waals surface area contributed by atoms with Gasteiger partial charge in [-0.1, -0.05) is 24.3 Å². The van der Waals surface area contributed by atoms with Crippen LogP contribution in [0, 0.1) is 0 Å². The lowest BCUT2D eigenvalue weighted by molar-refractivity contribution is 0.701. The van der Waals surface area contributed by atoms with Gasteiger partial charge in [0.05, 0.1) is 11.0 Å². The highest BCUT2D eigenvalue weighted by atomic mass is 79.9. The molecule has 0 aliphatic carbocycles. The van der Waals surface area contributed by atoms with Crippen LogP contribution in [0.25, 0.3) is 16.7 Å². The SMILES string of the molecule is Brc1csc(CNCc2ccc(-n3cnc4ccccc43)cc2)c1. The summed E-state index contributed by atoms with van der Waals surface area (Å²) in [5.74, 6) is 0. The zero-order valence-corrected chi connectivity index (χ0v) is 15.3. The van der Waals surface area contributed by atoms with Crippen LogP contribution in [-0.4, -0.2) is 9.55 Å². The second kappa shape index (κ2) is 6.89. The van der Waals surface area contributed by atoms with Crippen LogP contribution in [0.5, 0.6) is 0 Å². The van der Waals surface area contributed by atoms with Crippen molar-refractivity contribution in [1.29, 1.82) is 0 Å². The van der Waals surface area contributed by atoms with E-state index in [0.717, 1.165) is 34.3 Å². The number of thiophene rings is 1. The smallest absolute Gasteiger partial charge is 0.100 e. The predicted molar refractivity (Wildman–Crippen MR) is 104 cm³/mol. The van der Waals surface area contributed by atoms with Gasteiger partial charge in [-0.3, -0.25) is 4.57 Å². The molecule has 0 saturated heterocycles. The molecular weight excluding hydrogens is 382 g/mol. The Morgan fingerprint density at radius 1 is 1.04 bits per heavy atom. The van der Waals surface area contributed by atoms with Gasteiger partial charge in [-0.05, 0) is 51.8 Å². The average molecular weight is 398 g/mol. The Bertz CT molecular complexity index is 956. The van der Waals surface area contributed by atoms with Gasteiger partial charge in [0.15, 0.2) is 0 Å². The number of hydrogen-bond donors (Lipinski definition) is 1. The van der Waals surface area contributed by atoms with Gasteiger partial charge in [-0.15, -0.1) is 11.3 Å². The highest BCUT2D eigenvalue weighted by molar-refractivity contribution is 9.10. The molecule has 0 radical (unpaired) electrons. The van der Waals surface area contributed by atoms with Crippen LogP contribution < -0.4 is 5.32 Å². The summed E-state index contributed by atoms with van der Waals surface area (Å²) < 4.78 is 3.27. The molecule has 120 valence electrons. The van der Waals surface area contributed by atoms with E-state index >= 15 is 0 Å². The Balaban J connectivity index is 1.44. The van der Waals surface area contributed by atoms with E-state index < -0.39 is 0 Å². The molecule has 0 saturated carbocycles. The number of imidazole rings is 1. The van der Waals surface area contributed by atoms with Crippen molar-refractivity contribution >= 4 is 38.3 Å². The quantitative estimate of drug-likeness (QED) is 0.505. The van der Waals surface area contributed by atoms with Gasteiger partial charge in [0, 0.05) is 33.5 Å². The largest absolute Gasteiger partial charge is 0.308 e. The number of nitrogens with one attached hydrogen (secondary N) is 1. The van der Waals surface area contributed by atoms with E-state index in [9.17, 15) is 0 Å². The Kier molecular flexibility index (Phi) is 4.47. The maximum absolute atomic E-state index is 4.45. The number of fused-ring (bicyclic) bond motifs is 1. The van der Waals surface area contributed by atoms with Gasteiger partial charge in [0.2, 0.25) is 0 Å². The van der Waals surface area contributed by atoms with Crippen molar-refractivity contribution in [2.45, 2.75) is 13.1 Å². The lowest BCUT2D eigenvalue weighted by atomic mass is 10.2. The average Bonchev–Trinajstić information content (AvgIpc) is 3.22. The number of aromatic nitrogens is 2. The van der Waals surface area contributed by atoms with Gasteiger partial charge in [-0.2, -0.15) is 0 Å². The fourth-order valence-electron chi connectivity index (χ4n) is 2.72. The summed E-state index contributed by atoms with van der Waals surface area (Å²) in [7, 11) is 0. The Morgan fingerprint density at radius 3 is 2.67 bits per heavy atom. The number of rotatable bonds is 5. The van der Waals surface area contributed by atoms with Crippen molar-refractivity contribution in [3.8, 4) is 5.69 Å². The third-order valence-electron chi connectivity index (χ3n) is 3.92. The zero-order valence-electron chi connectivity index (χ0n) is 12.9. The van der Waals surface area contributed by atoms with Crippen LogP contribution in [0.15, 0.2) is 70.8 Å². The van der Waals surface area contributed by atoms with Crippen molar-refractivity contribution in [3.05, 3.63) is 81.2 Å². The molecule has 0 amide bonds. The second-order valence-electron chi connectivity index (χ2n) is 5.60. The Hall–Kier alpha value is -1.95. The minimum Gasteiger partial charge on any atom is -0.308 e. The molecule has 0 atom stereocenters. The van der Waals surface area contributed by atoms with Crippen molar-refractivity contribution in [2.24, 2.45) is 0 Å². The van der Waals surface area contributed by atoms with Gasteiger partial charge in [0.1, 0.15) is 6.33 Å². The van der Waals surface area contributed by atoms with Crippen LogP contribution >= 0.6 is 27.3 Å². The second-order valence-corrected chi connectivity index (χ2v) is 7.52. The standard InChI is InChI=1S/C19H16BrN3S/c20-15-9-17(24-12-15)11-21-10-14-5-7-16(8-6-14)23-13-22-18-3-1-2-4-19(18)23/h1-9,12-13,21H,10-11H2. The summed E-state index contributed by atoms with van der Waals surface area (Å²) >= 11 is 5.25. The van der Waals surface area contributed by atoms with E-state index in [-0.39, 0.29) is 0 Å². The van der Waals surface area contributed by atoms with E-state index in [1.54, 1.807) is 11.3 Å². The van der Waals surface area contributed by atoms with Crippen molar-refractivity contribution in [3.63, 3.8) is 0 Å². The van der Waals surface area contributed by atoms with Gasteiger partial charge >= 0.3 is 0 Å². The van der Waals surface area contributed by atoms with Gasteiger partial charge in [-0.25, -0.2) is 4.98 Å². The monoisotopic (exact) mass is 397 g/mol. The maximum Gasteiger partial charge on any atom is 0.100 e. The summed E-state index contributed by atoms with van der Waals surface area (Å²) in [6.45, 7) is 1.75. The number of benzene rings is 2. The maximum atomic E-state index is 4.45. The first-order chi connectivity index (χ1) is 11.8. The van der Waals surface area contributed by atoms with Gasteiger partial charge < -0.3 is 5.32 Å². The number of nitrogens with zero attached hydrogens (tertiary/aromatic N) is 2. The number of halogens is 1. The first-order valence-electron chi connectivity index (χ1n) is 7.74. The molecule has 2 heterocycles. The molecule has 0 bridgehead atoms. The van der Waals surface area contributed by atoms with Crippen molar-refractivity contribution < 1.29 is 0 Å². The molecular formula is C19H16BrN3S. The van der Waals surface area contributed by atoms with E-state index in [1.165, 1.54) is 10.4 Å². The third-order valence-corrected chi connectivity index (χ3v) is 5.62. The molecule has 0 spiro atoms. The van der Waals surface area contributed by atoms with E-state index in [4.69, 9.17) is 0 Å². The summed E-state index contributed by atoms with van der Waals surface area (Å²) in [4.78, 5) is 5.79. The minimum absolute atomic E-state index is 0.862. The lowest BCUT2D eigenvalue weighted by Crippen LogP contribution is -2.11.